The summed E-state index contributed by atoms with van der Waals surface area (Å²) in [7, 11) is 0. The van der Waals surface area contributed by atoms with Gasteiger partial charge in [-0.25, -0.2) is 15.0 Å². The van der Waals surface area contributed by atoms with Crippen LogP contribution in [0.2, 0.25) is 0 Å². The minimum atomic E-state index is 0.635. The summed E-state index contributed by atoms with van der Waals surface area (Å²) in [5, 5.41) is 11.5. The zero-order valence-electron chi connectivity index (χ0n) is 58.9. The third-order valence-electron chi connectivity index (χ3n) is 21.3. The van der Waals surface area contributed by atoms with Crippen molar-refractivity contribution < 1.29 is 17.7 Å². The molecule has 10 nitrogen and oxygen atoms in total. The van der Waals surface area contributed by atoms with Gasteiger partial charge in [0.1, 0.15) is 27.7 Å². The van der Waals surface area contributed by atoms with Crippen molar-refractivity contribution in [2.45, 2.75) is 0 Å². The minimum Gasteiger partial charge on any atom is -0.456 e. The topological polar surface area (TPSA) is 106 Å². The maximum absolute atomic E-state index is 6.49. The van der Waals surface area contributed by atoms with Crippen LogP contribution in [0.15, 0.2) is 382 Å². The molecular weight excluding hydrogens is 1370 g/mol. The van der Waals surface area contributed by atoms with Crippen LogP contribution < -0.4 is 0 Å². The van der Waals surface area contributed by atoms with E-state index in [4.69, 9.17) is 32.6 Å². The van der Waals surface area contributed by atoms with Crippen LogP contribution in [0, 0.1) is 0 Å². The SMILES string of the molecule is c1ccc(-c2cc(-c3ccccc3)cc(-n3c4ccccc4c4c5oc(-c6ccccc6)nc5ccc43)c2)cc1.c1ccc(-c2nc3ccc4c(c5ccccc5n4-c4ccc5oc6ccccc6c5c4)c3o2)cc1.c1ccc(-c2nc3ccc4c(c5ccccc5n4-c4ccc5sc6ccccc6c5c4)c3o2)cc1. The van der Waals surface area contributed by atoms with Crippen molar-refractivity contribution in [3.63, 3.8) is 0 Å². The molecule has 0 radical (unpaired) electrons. The van der Waals surface area contributed by atoms with E-state index in [1.54, 1.807) is 0 Å². The molecule has 0 unspecified atom stereocenters. The minimum absolute atomic E-state index is 0.635. The summed E-state index contributed by atoms with van der Waals surface area (Å²) in [4.78, 5) is 14.5. The summed E-state index contributed by atoms with van der Waals surface area (Å²) in [5.41, 5.74) is 24.5. The first-order valence-corrected chi connectivity index (χ1v) is 37.6. The fourth-order valence-corrected chi connectivity index (χ4v) is 17.4. The van der Waals surface area contributed by atoms with Gasteiger partial charge in [-0.05, 0) is 180 Å². The average molecular weight is 1430 g/mol. The normalized spacial score (nSPS) is 11.8. The van der Waals surface area contributed by atoms with Crippen LogP contribution in [0.25, 0.3) is 215 Å². The van der Waals surface area contributed by atoms with Crippen molar-refractivity contribution in [2.75, 3.05) is 0 Å². The maximum Gasteiger partial charge on any atom is 0.227 e. The summed E-state index contributed by atoms with van der Waals surface area (Å²) in [6, 6.07) is 127. The Hall–Kier alpha value is -14.7. The van der Waals surface area contributed by atoms with Gasteiger partial charge in [0.2, 0.25) is 17.7 Å². The fourth-order valence-electron chi connectivity index (χ4n) is 16.3. The van der Waals surface area contributed by atoms with Crippen molar-refractivity contribution in [1.29, 1.82) is 0 Å². The van der Waals surface area contributed by atoms with E-state index in [2.05, 4.69) is 275 Å². The highest BCUT2D eigenvalue weighted by Gasteiger charge is 2.24. The lowest BCUT2D eigenvalue weighted by molar-refractivity contribution is 0.622. The van der Waals surface area contributed by atoms with Crippen molar-refractivity contribution in [1.82, 2.24) is 28.7 Å². The smallest absolute Gasteiger partial charge is 0.227 e. The molecule has 516 valence electrons. The number of para-hydroxylation sites is 4. The Bertz CT molecular complexity index is 7360. The number of aromatic nitrogens is 6. The molecule has 0 spiro atoms. The van der Waals surface area contributed by atoms with Crippen molar-refractivity contribution in [3.05, 3.63) is 364 Å². The first-order chi connectivity index (χ1) is 54.5. The van der Waals surface area contributed by atoms with E-state index >= 15 is 0 Å². The number of rotatable bonds is 8. The van der Waals surface area contributed by atoms with Crippen LogP contribution in [0.3, 0.4) is 0 Å². The van der Waals surface area contributed by atoms with Crippen molar-refractivity contribution in [2.24, 2.45) is 0 Å². The summed E-state index contributed by atoms with van der Waals surface area (Å²) < 4.78 is 35.0. The number of benzene rings is 16. The largest absolute Gasteiger partial charge is 0.456 e. The molecule has 24 rings (SSSR count). The number of oxazole rings is 3. The van der Waals surface area contributed by atoms with Gasteiger partial charge in [0, 0.05) is 80.9 Å². The molecule has 0 saturated carbocycles. The van der Waals surface area contributed by atoms with Crippen LogP contribution >= 0.6 is 11.3 Å². The fraction of sp³-hybridized carbons (Fsp3) is 0. The Kier molecular flexibility index (Phi) is 14.6. The van der Waals surface area contributed by atoms with Gasteiger partial charge in [-0.1, -0.05) is 206 Å². The molecule has 11 heteroatoms. The molecule has 8 aromatic heterocycles. The van der Waals surface area contributed by atoms with Gasteiger partial charge >= 0.3 is 0 Å². The second kappa shape index (κ2) is 25.6. The van der Waals surface area contributed by atoms with Gasteiger partial charge < -0.3 is 31.4 Å². The highest BCUT2D eigenvalue weighted by atomic mass is 32.1. The number of fused-ring (bicyclic) bond motifs is 21. The van der Waals surface area contributed by atoms with Crippen LogP contribution in [0.1, 0.15) is 0 Å². The van der Waals surface area contributed by atoms with Gasteiger partial charge in [0.15, 0.2) is 16.7 Å². The molecule has 0 atom stereocenters. The lowest BCUT2D eigenvalue weighted by Gasteiger charge is -2.14. The number of hydrogen-bond acceptors (Lipinski definition) is 8. The molecule has 0 bridgehead atoms. The third kappa shape index (κ3) is 10.3. The first kappa shape index (κ1) is 62.7. The number of thiophene rings is 1. The highest BCUT2D eigenvalue weighted by molar-refractivity contribution is 7.25. The molecule has 24 aromatic rings. The summed E-state index contributed by atoms with van der Waals surface area (Å²) in [6.07, 6.45) is 0. The molecule has 110 heavy (non-hydrogen) atoms. The molecule has 0 amide bonds. The predicted octanol–water partition coefficient (Wildman–Crippen LogP) is 27.4. The molecule has 0 aliphatic rings. The number of furan rings is 1. The van der Waals surface area contributed by atoms with Crippen LogP contribution in [0.4, 0.5) is 0 Å². The van der Waals surface area contributed by atoms with Gasteiger partial charge in [0.25, 0.3) is 0 Å². The molecule has 0 N–H and O–H groups in total. The highest BCUT2D eigenvalue weighted by Crippen LogP contribution is 2.45. The second-order valence-electron chi connectivity index (χ2n) is 27.7. The van der Waals surface area contributed by atoms with Gasteiger partial charge in [0.05, 0.1) is 49.3 Å². The zero-order chi connectivity index (χ0) is 72.3. The Balaban J connectivity index is 0.000000102. The Morgan fingerprint density at radius 2 is 0.555 bits per heavy atom. The Morgan fingerprint density at radius 3 is 1.01 bits per heavy atom. The molecule has 0 fully saturated rings. The summed E-state index contributed by atoms with van der Waals surface area (Å²) in [6.45, 7) is 0. The maximum atomic E-state index is 6.49. The third-order valence-corrected chi connectivity index (χ3v) is 22.4. The van der Waals surface area contributed by atoms with Crippen molar-refractivity contribution in [3.8, 4) is 73.7 Å². The predicted molar refractivity (Wildman–Crippen MR) is 452 cm³/mol. The van der Waals surface area contributed by atoms with Crippen molar-refractivity contribution >= 4 is 152 Å². The number of nitrogens with zero attached hydrogens (tertiary/aromatic N) is 6. The summed E-state index contributed by atoms with van der Waals surface area (Å²) >= 11 is 1.84. The van der Waals surface area contributed by atoms with E-state index in [1.807, 2.05) is 114 Å². The Morgan fingerprint density at radius 1 is 0.209 bits per heavy atom. The summed E-state index contributed by atoms with van der Waals surface area (Å²) in [5.74, 6) is 1.92. The second-order valence-corrected chi connectivity index (χ2v) is 28.8. The van der Waals surface area contributed by atoms with Gasteiger partial charge in [-0.15, -0.1) is 11.3 Å². The number of hydrogen-bond donors (Lipinski definition) is 0. The standard InChI is InChI=1S/C37H24N2O.C31H18N2O2.C31H18N2OS/c1-4-12-25(13-5-1)28-22-29(26-14-6-2-7-15-26)24-30(23-28)39-33-19-11-10-18-31(33)35-34(39)21-20-32-36(35)40-37(38-32)27-16-8-3-9-17-27;1-2-8-19(9-3-1)31-32-24-15-16-26-29(30(24)35-31)22-11-4-6-12-25(22)33(26)20-14-17-28-23(18-20)21-10-5-7-13-27(21)34-28;1-2-8-19(9-3-1)31-32-24-15-16-26-29(30(24)34-31)22-11-4-6-12-25(22)33(26)20-14-17-28-23(18-20)21-10-5-7-13-27(21)35-28/h1-24H;2*1-18H. The van der Waals surface area contributed by atoms with E-state index in [0.717, 1.165) is 149 Å². The van der Waals surface area contributed by atoms with Gasteiger partial charge in [-0.3, -0.25) is 0 Å². The monoisotopic (exact) mass is 1430 g/mol. The van der Waals surface area contributed by atoms with E-state index in [1.165, 1.54) is 47.8 Å². The van der Waals surface area contributed by atoms with E-state index in [-0.39, 0.29) is 0 Å². The lowest BCUT2D eigenvalue weighted by atomic mass is 9.98. The molecular formula is C99H60N6O4S. The van der Waals surface area contributed by atoms with E-state index in [9.17, 15) is 0 Å². The van der Waals surface area contributed by atoms with E-state index in [0.29, 0.717) is 17.7 Å². The Labute approximate surface area is 632 Å². The zero-order valence-corrected chi connectivity index (χ0v) is 59.7. The quantitative estimate of drug-likeness (QED) is 0.149. The molecule has 16 aromatic carbocycles. The van der Waals surface area contributed by atoms with Gasteiger partial charge in [-0.2, -0.15) is 0 Å². The molecule has 8 heterocycles. The molecule has 0 aliphatic carbocycles. The van der Waals surface area contributed by atoms with Crippen LogP contribution in [-0.4, -0.2) is 28.7 Å². The first-order valence-electron chi connectivity index (χ1n) is 36.8. The molecule has 0 saturated heterocycles. The average Bonchev–Trinajstić information content (AvgIpc) is 1.57. The molecule has 0 aliphatic heterocycles. The lowest BCUT2D eigenvalue weighted by Crippen LogP contribution is -1.96. The van der Waals surface area contributed by atoms with Crippen LogP contribution in [-0.2, 0) is 0 Å². The van der Waals surface area contributed by atoms with Crippen LogP contribution in [0.5, 0.6) is 0 Å². The van der Waals surface area contributed by atoms with E-state index < -0.39 is 0 Å².